The minimum Gasteiger partial charge on any atom is -0.444 e. The van der Waals surface area contributed by atoms with Crippen molar-refractivity contribution in [2.45, 2.75) is 51.5 Å². The van der Waals surface area contributed by atoms with Crippen LogP contribution in [0.4, 0.5) is 0 Å². The van der Waals surface area contributed by atoms with Crippen LogP contribution in [0, 0.1) is 6.92 Å². The molecule has 2 aromatic rings. The third kappa shape index (κ3) is 2.04. The SMILES string of the molecule is CCc1nc(C)c(CN2C(=O)CC3(CCc4ccccc43)C2=O)o1. The standard InChI is InChI=1S/C19H20N2O3/c1-3-16-20-12(2)15(24-16)11-21-17(22)10-19(18(21)23)9-8-13-6-4-5-7-14(13)19/h4-7H,3,8-11H2,1-2H3. The summed E-state index contributed by atoms with van der Waals surface area (Å²) in [6.07, 6.45) is 2.52. The monoisotopic (exact) mass is 324 g/mol. The normalized spacial score (nSPS) is 22.7. The largest absolute Gasteiger partial charge is 0.444 e. The van der Waals surface area contributed by atoms with Crippen molar-refractivity contribution in [2.75, 3.05) is 0 Å². The molecule has 0 saturated carbocycles. The van der Waals surface area contributed by atoms with Crippen LogP contribution in [-0.4, -0.2) is 21.7 Å². The molecule has 1 aliphatic heterocycles. The van der Waals surface area contributed by atoms with Crippen LogP contribution in [0.25, 0.3) is 0 Å². The third-order valence-corrected chi connectivity index (χ3v) is 5.30. The molecule has 124 valence electrons. The number of nitrogens with zero attached hydrogens (tertiary/aromatic N) is 2. The molecule has 1 atom stereocenters. The van der Waals surface area contributed by atoms with Gasteiger partial charge in [-0.1, -0.05) is 31.2 Å². The number of carbonyl (C=O) groups excluding carboxylic acids is 2. The summed E-state index contributed by atoms with van der Waals surface area (Å²) >= 11 is 0. The van der Waals surface area contributed by atoms with Crippen LogP contribution < -0.4 is 0 Å². The number of likely N-dealkylation sites (tertiary alicyclic amines) is 1. The zero-order valence-electron chi connectivity index (χ0n) is 14.0. The van der Waals surface area contributed by atoms with E-state index in [0.29, 0.717) is 24.5 Å². The quantitative estimate of drug-likeness (QED) is 0.814. The van der Waals surface area contributed by atoms with Crippen molar-refractivity contribution in [3.8, 4) is 0 Å². The van der Waals surface area contributed by atoms with Gasteiger partial charge in [0.2, 0.25) is 11.8 Å². The number of benzene rings is 1. The molecule has 0 radical (unpaired) electrons. The second kappa shape index (κ2) is 5.30. The smallest absolute Gasteiger partial charge is 0.240 e. The Hall–Kier alpha value is -2.43. The Bertz CT molecular complexity index is 839. The first-order valence-electron chi connectivity index (χ1n) is 8.43. The van der Waals surface area contributed by atoms with Crippen LogP contribution in [0.15, 0.2) is 28.7 Å². The van der Waals surface area contributed by atoms with E-state index in [2.05, 4.69) is 11.1 Å². The van der Waals surface area contributed by atoms with Crippen LogP contribution >= 0.6 is 0 Å². The Morgan fingerprint density at radius 3 is 2.83 bits per heavy atom. The van der Waals surface area contributed by atoms with Crippen molar-refractivity contribution in [3.63, 3.8) is 0 Å². The number of rotatable bonds is 3. The zero-order valence-corrected chi connectivity index (χ0v) is 14.0. The Morgan fingerprint density at radius 1 is 1.29 bits per heavy atom. The lowest BCUT2D eigenvalue weighted by Gasteiger charge is -2.22. The molecule has 24 heavy (non-hydrogen) atoms. The number of hydrogen-bond donors (Lipinski definition) is 0. The molecule has 5 nitrogen and oxygen atoms in total. The van der Waals surface area contributed by atoms with Crippen molar-refractivity contribution in [3.05, 3.63) is 52.7 Å². The highest BCUT2D eigenvalue weighted by molar-refractivity contribution is 6.09. The summed E-state index contributed by atoms with van der Waals surface area (Å²) in [7, 11) is 0. The highest BCUT2D eigenvalue weighted by Gasteiger charge is 2.55. The lowest BCUT2D eigenvalue weighted by Crippen LogP contribution is -2.36. The van der Waals surface area contributed by atoms with E-state index < -0.39 is 5.41 Å². The van der Waals surface area contributed by atoms with Gasteiger partial charge in [-0.2, -0.15) is 0 Å². The van der Waals surface area contributed by atoms with Gasteiger partial charge in [0, 0.05) is 12.8 Å². The Balaban J connectivity index is 1.66. The molecule has 2 amide bonds. The fraction of sp³-hybridized carbons (Fsp3) is 0.421. The molecule has 2 aliphatic rings. The molecule has 4 rings (SSSR count). The molecule has 2 heterocycles. The zero-order chi connectivity index (χ0) is 16.9. The van der Waals surface area contributed by atoms with Gasteiger partial charge in [-0.15, -0.1) is 0 Å². The van der Waals surface area contributed by atoms with E-state index in [1.807, 2.05) is 32.0 Å². The fourth-order valence-corrected chi connectivity index (χ4v) is 3.98. The molecule has 1 spiro atoms. The summed E-state index contributed by atoms with van der Waals surface area (Å²) < 4.78 is 5.69. The molecular formula is C19H20N2O3. The van der Waals surface area contributed by atoms with Gasteiger partial charge < -0.3 is 4.42 Å². The molecule has 1 aliphatic carbocycles. The summed E-state index contributed by atoms with van der Waals surface area (Å²) in [6.45, 7) is 4.00. The predicted octanol–water partition coefficient (Wildman–Crippen LogP) is 2.69. The first kappa shape index (κ1) is 15.1. The number of hydrogen-bond acceptors (Lipinski definition) is 4. The number of imide groups is 1. The van der Waals surface area contributed by atoms with E-state index in [1.165, 1.54) is 10.5 Å². The average Bonchev–Trinajstić information content (AvgIpc) is 3.20. The highest BCUT2D eigenvalue weighted by atomic mass is 16.4. The number of carbonyl (C=O) groups is 2. The van der Waals surface area contributed by atoms with Crippen LogP contribution in [0.1, 0.15) is 48.2 Å². The molecule has 1 fully saturated rings. The molecular weight excluding hydrogens is 304 g/mol. The van der Waals surface area contributed by atoms with Crippen LogP contribution in [0.3, 0.4) is 0 Å². The van der Waals surface area contributed by atoms with Gasteiger partial charge in [0.15, 0.2) is 5.89 Å². The predicted molar refractivity (Wildman–Crippen MR) is 87.2 cm³/mol. The summed E-state index contributed by atoms with van der Waals surface area (Å²) in [5.41, 5.74) is 2.29. The minimum atomic E-state index is -0.671. The molecule has 1 saturated heterocycles. The van der Waals surface area contributed by atoms with Crippen molar-refractivity contribution in [1.82, 2.24) is 9.88 Å². The van der Waals surface area contributed by atoms with Gasteiger partial charge >= 0.3 is 0 Å². The van der Waals surface area contributed by atoms with Crippen LogP contribution in [-0.2, 0) is 34.4 Å². The molecule has 0 bridgehead atoms. The summed E-state index contributed by atoms with van der Waals surface area (Å²) in [5, 5.41) is 0. The van der Waals surface area contributed by atoms with E-state index in [-0.39, 0.29) is 24.8 Å². The van der Waals surface area contributed by atoms with E-state index in [9.17, 15) is 9.59 Å². The van der Waals surface area contributed by atoms with Crippen LogP contribution in [0.5, 0.6) is 0 Å². The highest BCUT2D eigenvalue weighted by Crippen LogP contribution is 2.47. The molecule has 5 heteroatoms. The van der Waals surface area contributed by atoms with Crippen molar-refractivity contribution in [2.24, 2.45) is 0 Å². The maximum absolute atomic E-state index is 13.1. The molecule has 0 N–H and O–H groups in total. The van der Waals surface area contributed by atoms with Gasteiger partial charge in [0.25, 0.3) is 0 Å². The summed E-state index contributed by atoms with van der Waals surface area (Å²) in [4.78, 5) is 31.4. The number of aromatic nitrogens is 1. The second-order valence-electron chi connectivity index (χ2n) is 6.67. The van der Waals surface area contributed by atoms with E-state index >= 15 is 0 Å². The first-order valence-corrected chi connectivity index (χ1v) is 8.43. The lowest BCUT2D eigenvalue weighted by atomic mass is 9.80. The first-order chi connectivity index (χ1) is 11.5. The fourth-order valence-electron chi connectivity index (χ4n) is 3.98. The summed E-state index contributed by atoms with van der Waals surface area (Å²) in [6, 6.07) is 7.98. The van der Waals surface area contributed by atoms with Gasteiger partial charge in [0.1, 0.15) is 5.76 Å². The van der Waals surface area contributed by atoms with Gasteiger partial charge in [-0.25, -0.2) is 4.98 Å². The number of amides is 2. The maximum Gasteiger partial charge on any atom is 0.240 e. The van der Waals surface area contributed by atoms with E-state index in [1.54, 1.807) is 0 Å². The van der Waals surface area contributed by atoms with Gasteiger partial charge in [-0.05, 0) is 30.9 Å². The molecule has 1 aromatic carbocycles. The van der Waals surface area contributed by atoms with Crippen molar-refractivity contribution in [1.29, 1.82) is 0 Å². The molecule has 1 aromatic heterocycles. The van der Waals surface area contributed by atoms with E-state index in [0.717, 1.165) is 17.7 Å². The lowest BCUT2D eigenvalue weighted by molar-refractivity contribution is -0.140. The van der Waals surface area contributed by atoms with E-state index in [4.69, 9.17) is 4.42 Å². The summed E-state index contributed by atoms with van der Waals surface area (Å²) in [5.74, 6) is 1.04. The van der Waals surface area contributed by atoms with Crippen molar-refractivity contribution < 1.29 is 14.0 Å². The average molecular weight is 324 g/mol. The Kier molecular flexibility index (Phi) is 3.34. The minimum absolute atomic E-state index is 0.0914. The Morgan fingerprint density at radius 2 is 2.08 bits per heavy atom. The van der Waals surface area contributed by atoms with Crippen LogP contribution in [0.2, 0.25) is 0 Å². The number of fused-ring (bicyclic) bond motifs is 2. The second-order valence-corrected chi connectivity index (χ2v) is 6.67. The van der Waals surface area contributed by atoms with Gasteiger partial charge in [0.05, 0.1) is 17.7 Å². The maximum atomic E-state index is 13.1. The molecule has 1 unspecified atom stereocenters. The number of oxazole rings is 1. The van der Waals surface area contributed by atoms with Crippen molar-refractivity contribution >= 4 is 11.8 Å². The Labute approximate surface area is 140 Å². The van der Waals surface area contributed by atoms with Gasteiger partial charge in [-0.3, -0.25) is 14.5 Å². The topological polar surface area (TPSA) is 63.4 Å². The third-order valence-electron chi connectivity index (χ3n) is 5.30. The number of aryl methyl sites for hydroxylation is 3.